The molecule has 1 fully saturated rings. The van der Waals surface area contributed by atoms with E-state index >= 15 is 0 Å². The highest BCUT2D eigenvalue weighted by molar-refractivity contribution is 5.93. The fourth-order valence-electron chi connectivity index (χ4n) is 2.58. The number of aliphatic carboxylic acids is 1. The van der Waals surface area contributed by atoms with Crippen LogP contribution >= 0.6 is 0 Å². The number of aryl methyl sites for hydroxylation is 1. The van der Waals surface area contributed by atoms with Crippen LogP contribution in [0.2, 0.25) is 0 Å². The molecule has 7 heteroatoms. The molecule has 0 aliphatic heterocycles. The third kappa shape index (κ3) is 2.91. The molecule has 1 aliphatic carbocycles. The van der Waals surface area contributed by atoms with Crippen LogP contribution < -0.4 is 5.32 Å². The van der Waals surface area contributed by atoms with Crippen molar-refractivity contribution in [1.29, 1.82) is 0 Å². The summed E-state index contributed by atoms with van der Waals surface area (Å²) in [5, 5.41) is 15.9. The Morgan fingerprint density at radius 1 is 1.42 bits per heavy atom. The maximum absolute atomic E-state index is 12.0. The highest BCUT2D eigenvalue weighted by atomic mass is 16.4. The predicted octanol–water partition coefficient (Wildman–Crippen LogP) is 1.18. The Kier molecular flexibility index (Phi) is 3.82. The zero-order chi connectivity index (χ0) is 13.9. The number of carbonyl (C=O) groups is 2. The molecule has 0 aromatic carbocycles. The van der Waals surface area contributed by atoms with E-state index in [1.165, 1.54) is 11.0 Å². The second-order valence-corrected chi connectivity index (χ2v) is 5.08. The lowest BCUT2D eigenvalue weighted by molar-refractivity contribution is -0.153. The van der Waals surface area contributed by atoms with E-state index in [0.29, 0.717) is 18.8 Å². The van der Waals surface area contributed by atoms with E-state index < -0.39 is 11.4 Å². The van der Waals surface area contributed by atoms with Crippen LogP contribution in [-0.4, -0.2) is 31.7 Å². The number of rotatable bonds is 4. The van der Waals surface area contributed by atoms with Crippen molar-refractivity contribution in [1.82, 2.24) is 14.8 Å². The van der Waals surface area contributed by atoms with Crippen LogP contribution in [0.25, 0.3) is 0 Å². The number of amides is 1. The molecule has 7 nitrogen and oxygen atoms in total. The van der Waals surface area contributed by atoms with Gasteiger partial charge in [0.05, 0.1) is 5.41 Å². The number of nitrogens with one attached hydrogen (secondary N) is 1. The van der Waals surface area contributed by atoms with Crippen molar-refractivity contribution in [2.45, 2.75) is 38.5 Å². The van der Waals surface area contributed by atoms with Gasteiger partial charge in [-0.1, -0.05) is 19.3 Å². The molecule has 1 aliphatic rings. The lowest BCUT2D eigenvalue weighted by Gasteiger charge is -2.32. The van der Waals surface area contributed by atoms with Crippen LogP contribution in [0, 0.1) is 5.41 Å². The first-order valence-electron chi connectivity index (χ1n) is 6.41. The van der Waals surface area contributed by atoms with E-state index in [9.17, 15) is 14.7 Å². The van der Waals surface area contributed by atoms with E-state index in [0.717, 1.165) is 19.3 Å². The van der Waals surface area contributed by atoms with Crippen molar-refractivity contribution in [2.75, 3.05) is 5.32 Å². The molecule has 0 radical (unpaired) electrons. The second kappa shape index (κ2) is 5.38. The van der Waals surface area contributed by atoms with Crippen molar-refractivity contribution < 1.29 is 14.7 Å². The number of hydrogen-bond donors (Lipinski definition) is 2. The first-order valence-corrected chi connectivity index (χ1v) is 6.41. The number of nitrogens with zero attached hydrogens (tertiary/aromatic N) is 3. The minimum atomic E-state index is -0.916. The Labute approximate surface area is 111 Å². The minimum absolute atomic E-state index is 0.00477. The molecule has 0 spiro atoms. The van der Waals surface area contributed by atoms with Crippen LogP contribution in [0.4, 0.5) is 5.95 Å². The molecule has 2 N–H and O–H groups in total. The number of carbonyl (C=O) groups excluding carboxylic acids is 1. The Morgan fingerprint density at radius 2 is 2.11 bits per heavy atom. The molecule has 0 atom stereocenters. The fourth-order valence-corrected chi connectivity index (χ4v) is 2.58. The van der Waals surface area contributed by atoms with Crippen molar-refractivity contribution in [3.05, 3.63) is 6.33 Å². The standard InChI is InChI=1S/C12H18N4O3/c1-16-11(13-8-14-16)15-9(17)7-12(10(18)19)5-3-2-4-6-12/h8H,2-7H2,1H3,(H,18,19)(H,13,14,15,17). The maximum atomic E-state index is 12.0. The topological polar surface area (TPSA) is 97.1 Å². The molecule has 0 saturated heterocycles. The first kappa shape index (κ1) is 13.5. The average molecular weight is 266 g/mol. The molecule has 19 heavy (non-hydrogen) atoms. The largest absolute Gasteiger partial charge is 0.481 e. The van der Waals surface area contributed by atoms with E-state index in [2.05, 4.69) is 15.4 Å². The van der Waals surface area contributed by atoms with Gasteiger partial charge in [0, 0.05) is 13.5 Å². The first-order chi connectivity index (χ1) is 9.03. The molecule has 0 bridgehead atoms. The molecule has 1 heterocycles. The molecule has 1 saturated carbocycles. The van der Waals surface area contributed by atoms with Gasteiger partial charge in [0.1, 0.15) is 6.33 Å². The number of anilines is 1. The minimum Gasteiger partial charge on any atom is -0.481 e. The summed E-state index contributed by atoms with van der Waals surface area (Å²) < 4.78 is 1.44. The SMILES string of the molecule is Cn1ncnc1NC(=O)CC1(C(=O)O)CCCCC1. The van der Waals surface area contributed by atoms with Gasteiger partial charge in [-0.3, -0.25) is 14.9 Å². The molecule has 1 aromatic heterocycles. The molecule has 1 amide bonds. The van der Waals surface area contributed by atoms with Gasteiger partial charge in [0.15, 0.2) is 0 Å². The normalized spacial score (nSPS) is 17.9. The van der Waals surface area contributed by atoms with Crippen molar-refractivity contribution in [3.8, 4) is 0 Å². The number of hydrogen-bond acceptors (Lipinski definition) is 4. The smallest absolute Gasteiger partial charge is 0.310 e. The summed E-state index contributed by atoms with van der Waals surface area (Å²) in [5.74, 6) is -0.859. The average Bonchev–Trinajstić information content (AvgIpc) is 2.76. The Hall–Kier alpha value is -1.92. The van der Waals surface area contributed by atoms with Crippen LogP contribution in [0.5, 0.6) is 0 Å². The molecule has 0 unspecified atom stereocenters. The van der Waals surface area contributed by atoms with E-state index in [1.807, 2.05) is 0 Å². The molecule has 104 valence electrons. The van der Waals surface area contributed by atoms with Gasteiger partial charge in [0.2, 0.25) is 11.9 Å². The summed E-state index contributed by atoms with van der Waals surface area (Å²) in [7, 11) is 1.66. The van der Waals surface area contributed by atoms with Crippen LogP contribution in [0.3, 0.4) is 0 Å². The van der Waals surface area contributed by atoms with Gasteiger partial charge in [-0.2, -0.15) is 10.1 Å². The number of carboxylic acids is 1. The zero-order valence-electron chi connectivity index (χ0n) is 10.9. The predicted molar refractivity (Wildman–Crippen MR) is 67.4 cm³/mol. The molecule has 1 aromatic rings. The molecule has 2 rings (SSSR count). The highest BCUT2D eigenvalue weighted by Gasteiger charge is 2.41. The molecular weight excluding hydrogens is 248 g/mol. The Bertz CT molecular complexity index is 477. The molecular formula is C12H18N4O3. The summed E-state index contributed by atoms with van der Waals surface area (Å²) in [6.07, 6.45) is 5.23. The van der Waals surface area contributed by atoms with E-state index in [1.54, 1.807) is 7.05 Å². The number of carboxylic acid groups (broad SMARTS) is 1. The van der Waals surface area contributed by atoms with Crippen LogP contribution in [0.1, 0.15) is 38.5 Å². The summed E-state index contributed by atoms with van der Waals surface area (Å²) in [5.41, 5.74) is -0.916. The lowest BCUT2D eigenvalue weighted by Crippen LogP contribution is -2.37. The second-order valence-electron chi connectivity index (χ2n) is 5.08. The summed E-state index contributed by atoms with van der Waals surface area (Å²) in [4.78, 5) is 27.3. The van der Waals surface area contributed by atoms with Crippen molar-refractivity contribution in [2.24, 2.45) is 12.5 Å². The van der Waals surface area contributed by atoms with Gasteiger partial charge in [-0.25, -0.2) is 4.68 Å². The van der Waals surface area contributed by atoms with Crippen LogP contribution in [-0.2, 0) is 16.6 Å². The summed E-state index contributed by atoms with van der Waals surface area (Å²) >= 11 is 0. The monoisotopic (exact) mass is 266 g/mol. The third-order valence-electron chi connectivity index (χ3n) is 3.73. The van der Waals surface area contributed by atoms with Gasteiger partial charge in [-0.05, 0) is 12.8 Å². The van der Waals surface area contributed by atoms with E-state index in [4.69, 9.17) is 0 Å². The zero-order valence-corrected chi connectivity index (χ0v) is 10.9. The van der Waals surface area contributed by atoms with Crippen molar-refractivity contribution in [3.63, 3.8) is 0 Å². The van der Waals surface area contributed by atoms with Gasteiger partial charge < -0.3 is 5.11 Å². The van der Waals surface area contributed by atoms with Gasteiger partial charge in [-0.15, -0.1) is 0 Å². The number of aromatic nitrogens is 3. The Morgan fingerprint density at radius 3 is 2.63 bits per heavy atom. The van der Waals surface area contributed by atoms with E-state index in [-0.39, 0.29) is 12.3 Å². The summed E-state index contributed by atoms with van der Waals surface area (Å²) in [6, 6.07) is 0. The Balaban J connectivity index is 2.03. The highest BCUT2D eigenvalue weighted by Crippen LogP contribution is 2.39. The van der Waals surface area contributed by atoms with Crippen LogP contribution in [0.15, 0.2) is 6.33 Å². The van der Waals surface area contributed by atoms with Gasteiger partial charge >= 0.3 is 5.97 Å². The third-order valence-corrected chi connectivity index (χ3v) is 3.73. The maximum Gasteiger partial charge on any atom is 0.310 e. The van der Waals surface area contributed by atoms with Crippen molar-refractivity contribution >= 4 is 17.8 Å². The summed E-state index contributed by atoms with van der Waals surface area (Å²) in [6.45, 7) is 0. The fraction of sp³-hybridized carbons (Fsp3) is 0.667. The quantitative estimate of drug-likeness (QED) is 0.852. The van der Waals surface area contributed by atoms with Gasteiger partial charge in [0.25, 0.3) is 0 Å². The lowest BCUT2D eigenvalue weighted by atomic mass is 9.71.